The topological polar surface area (TPSA) is 89.2 Å². The van der Waals surface area contributed by atoms with Crippen molar-refractivity contribution in [2.24, 2.45) is 5.73 Å². The Kier molecular flexibility index (Phi) is 2.84. The molecule has 0 aromatic carbocycles. The summed E-state index contributed by atoms with van der Waals surface area (Å²) in [7, 11) is 0. The first-order valence-electron chi connectivity index (χ1n) is 5.86. The van der Waals surface area contributed by atoms with E-state index in [1.807, 2.05) is 22.9 Å². The van der Waals surface area contributed by atoms with Gasteiger partial charge in [0.1, 0.15) is 23.2 Å². The van der Waals surface area contributed by atoms with E-state index < -0.39 is 11.5 Å². The average molecular weight is 286 g/mol. The molecule has 20 heavy (non-hydrogen) atoms. The van der Waals surface area contributed by atoms with Gasteiger partial charge in [-0.05, 0) is 29.3 Å². The van der Waals surface area contributed by atoms with Crippen molar-refractivity contribution >= 4 is 11.3 Å². The largest absolute Gasteiger partial charge is 0.440 e. The molecule has 0 radical (unpaired) electrons. The molecule has 2 aromatic heterocycles. The van der Waals surface area contributed by atoms with E-state index in [0.29, 0.717) is 17.1 Å². The third-order valence-electron chi connectivity index (χ3n) is 3.13. The van der Waals surface area contributed by atoms with E-state index in [0.717, 1.165) is 5.56 Å². The third kappa shape index (κ3) is 1.80. The van der Waals surface area contributed by atoms with Crippen LogP contribution >= 0.6 is 11.3 Å². The molecular weight excluding hydrogens is 276 g/mol. The van der Waals surface area contributed by atoms with Crippen LogP contribution in [-0.4, -0.2) is 0 Å². The summed E-state index contributed by atoms with van der Waals surface area (Å²) in [4.78, 5) is 12.1. The van der Waals surface area contributed by atoms with Gasteiger partial charge in [-0.3, -0.25) is 0 Å². The van der Waals surface area contributed by atoms with E-state index in [1.54, 1.807) is 13.0 Å². The predicted molar refractivity (Wildman–Crippen MR) is 73.3 cm³/mol. The fourth-order valence-electron chi connectivity index (χ4n) is 2.29. The Balaban J connectivity index is 2.32. The molecule has 1 aliphatic heterocycles. The second-order valence-corrected chi connectivity index (χ2v) is 5.18. The number of nitriles is 1. The van der Waals surface area contributed by atoms with Crippen molar-refractivity contribution in [2.75, 3.05) is 0 Å². The zero-order chi connectivity index (χ0) is 14.3. The fraction of sp³-hybridized carbons (Fsp3) is 0.143. The maximum atomic E-state index is 12.1. The van der Waals surface area contributed by atoms with Gasteiger partial charge in [0.05, 0.1) is 11.5 Å². The molecule has 0 bridgehead atoms. The van der Waals surface area contributed by atoms with Gasteiger partial charge in [0.15, 0.2) is 0 Å². The monoisotopic (exact) mass is 286 g/mol. The van der Waals surface area contributed by atoms with Gasteiger partial charge in [0.2, 0.25) is 5.88 Å². The van der Waals surface area contributed by atoms with E-state index in [-0.39, 0.29) is 11.5 Å². The number of rotatable bonds is 1. The highest BCUT2D eigenvalue weighted by Gasteiger charge is 2.34. The van der Waals surface area contributed by atoms with Crippen molar-refractivity contribution < 1.29 is 9.15 Å². The van der Waals surface area contributed by atoms with Crippen molar-refractivity contribution in [2.45, 2.75) is 12.8 Å². The fourth-order valence-corrected chi connectivity index (χ4v) is 2.98. The number of ether oxygens (including phenoxy) is 1. The molecule has 0 aliphatic carbocycles. The lowest BCUT2D eigenvalue weighted by Crippen LogP contribution is -2.26. The van der Waals surface area contributed by atoms with Gasteiger partial charge in [-0.1, -0.05) is 0 Å². The SMILES string of the molecule is Cc1cc2c(c(=O)o1)C(c1ccsc1)C(C#N)=C(N)O2. The number of hydrogen-bond donors (Lipinski definition) is 1. The van der Waals surface area contributed by atoms with Gasteiger partial charge in [-0.25, -0.2) is 4.79 Å². The van der Waals surface area contributed by atoms with Crippen LogP contribution in [0.15, 0.2) is 43.6 Å². The molecule has 0 saturated heterocycles. The summed E-state index contributed by atoms with van der Waals surface area (Å²) in [5.41, 5.74) is 6.68. The second-order valence-electron chi connectivity index (χ2n) is 4.40. The van der Waals surface area contributed by atoms with Crippen LogP contribution in [-0.2, 0) is 0 Å². The van der Waals surface area contributed by atoms with Crippen LogP contribution in [0.2, 0.25) is 0 Å². The van der Waals surface area contributed by atoms with Crippen molar-refractivity contribution in [3.05, 3.63) is 61.7 Å². The highest BCUT2D eigenvalue weighted by Crippen LogP contribution is 2.40. The summed E-state index contributed by atoms with van der Waals surface area (Å²) < 4.78 is 10.5. The van der Waals surface area contributed by atoms with Crippen LogP contribution in [0.4, 0.5) is 0 Å². The molecule has 1 aliphatic rings. The summed E-state index contributed by atoms with van der Waals surface area (Å²) in [6.45, 7) is 1.66. The Morgan fingerprint density at radius 2 is 2.30 bits per heavy atom. The summed E-state index contributed by atoms with van der Waals surface area (Å²) in [5, 5.41) is 13.1. The highest BCUT2D eigenvalue weighted by molar-refractivity contribution is 7.08. The Hall–Kier alpha value is -2.52. The molecule has 3 heterocycles. The lowest BCUT2D eigenvalue weighted by molar-refractivity contribution is 0.371. The van der Waals surface area contributed by atoms with Crippen molar-refractivity contribution in [1.82, 2.24) is 0 Å². The van der Waals surface area contributed by atoms with Gasteiger partial charge in [-0.2, -0.15) is 16.6 Å². The standard InChI is InChI=1S/C14H10N2O3S/c1-7-4-10-12(14(17)18-7)11(8-2-3-20-6-8)9(5-15)13(16)19-10/h2-4,6,11H,16H2,1H3. The number of allylic oxidation sites excluding steroid dienone is 1. The zero-order valence-electron chi connectivity index (χ0n) is 10.5. The first-order valence-corrected chi connectivity index (χ1v) is 6.80. The minimum Gasteiger partial charge on any atom is -0.440 e. The molecule has 1 atom stereocenters. The van der Waals surface area contributed by atoms with E-state index >= 15 is 0 Å². The van der Waals surface area contributed by atoms with Crippen molar-refractivity contribution in [1.29, 1.82) is 5.26 Å². The van der Waals surface area contributed by atoms with Crippen molar-refractivity contribution in [3.8, 4) is 11.8 Å². The molecule has 0 saturated carbocycles. The smallest absolute Gasteiger partial charge is 0.343 e. The number of nitrogens with zero attached hydrogens (tertiary/aromatic N) is 1. The normalized spacial score (nSPS) is 17.3. The quantitative estimate of drug-likeness (QED) is 0.868. The summed E-state index contributed by atoms with van der Waals surface area (Å²) in [6, 6.07) is 5.49. The molecule has 0 fully saturated rings. The minimum absolute atomic E-state index is 0.0289. The molecular formula is C14H10N2O3S. The Bertz CT molecular complexity index is 797. The van der Waals surface area contributed by atoms with Crippen LogP contribution in [0, 0.1) is 18.3 Å². The second kappa shape index (κ2) is 4.54. The van der Waals surface area contributed by atoms with Crippen LogP contribution < -0.4 is 16.1 Å². The van der Waals surface area contributed by atoms with Crippen LogP contribution in [0.3, 0.4) is 0 Å². The summed E-state index contributed by atoms with van der Waals surface area (Å²) in [6.07, 6.45) is 0. The zero-order valence-corrected chi connectivity index (χ0v) is 11.4. The molecule has 1 unspecified atom stereocenters. The number of thiophene rings is 1. The van der Waals surface area contributed by atoms with E-state index in [4.69, 9.17) is 14.9 Å². The van der Waals surface area contributed by atoms with E-state index in [9.17, 15) is 10.1 Å². The number of fused-ring (bicyclic) bond motifs is 1. The molecule has 0 spiro atoms. The summed E-state index contributed by atoms with van der Waals surface area (Å²) >= 11 is 1.48. The van der Waals surface area contributed by atoms with Crippen molar-refractivity contribution in [3.63, 3.8) is 0 Å². The molecule has 6 heteroatoms. The number of aryl methyl sites for hydroxylation is 1. The Labute approximate surface area is 118 Å². The predicted octanol–water partition coefficient (Wildman–Crippen LogP) is 2.23. The average Bonchev–Trinajstić information content (AvgIpc) is 2.90. The lowest BCUT2D eigenvalue weighted by Gasteiger charge is -2.24. The Morgan fingerprint density at radius 1 is 1.50 bits per heavy atom. The molecule has 0 amide bonds. The van der Waals surface area contributed by atoms with Crippen LogP contribution in [0.25, 0.3) is 0 Å². The maximum Gasteiger partial charge on any atom is 0.343 e. The summed E-state index contributed by atoms with van der Waals surface area (Å²) in [5.74, 6) is 0.283. The molecule has 100 valence electrons. The van der Waals surface area contributed by atoms with Crippen LogP contribution in [0.5, 0.6) is 5.75 Å². The maximum absolute atomic E-state index is 12.1. The number of nitrogens with two attached hydrogens (primary N) is 1. The van der Waals surface area contributed by atoms with Gasteiger partial charge in [0.25, 0.3) is 0 Å². The molecule has 2 N–H and O–H groups in total. The molecule has 3 rings (SSSR count). The third-order valence-corrected chi connectivity index (χ3v) is 3.83. The first kappa shape index (κ1) is 12.5. The molecule has 5 nitrogen and oxygen atoms in total. The van der Waals surface area contributed by atoms with E-state index in [2.05, 4.69) is 0 Å². The van der Waals surface area contributed by atoms with Gasteiger partial charge in [-0.15, -0.1) is 0 Å². The minimum atomic E-state index is -0.535. The van der Waals surface area contributed by atoms with Crippen LogP contribution in [0.1, 0.15) is 22.8 Å². The first-order chi connectivity index (χ1) is 9.61. The number of hydrogen-bond acceptors (Lipinski definition) is 6. The highest BCUT2D eigenvalue weighted by atomic mass is 32.1. The van der Waals surface area contributed by atoms with Gasteiger partial charge >= 0.3 is 5.63 Å². The van der Waals surface area contributed by atoms with Gasteiger partial charge < -0.3 is 14.9 Å². The Morgan fingerprint density at radius 3 is 2.95 bits per heavy atom. The molecule has 2 aromatic rings. The van der Waals surface area contributed by atoms with E-state index in [1.165, 1.54) is 11.3 Å². The van der Waals surface area contributed by atoms with Gasteiger partial charge in [0, 0.05) is 6.07 Å². The lowest BCUT2D eigenvalue weighted by atomic mass is 9.86.